The van der Waals surface area contributed by atoms with Gasteiger partial charge in [0.1, 0.15) is 0 Å². The highest BCUT2D eigenvalue weighted by Crippen LogP contribution is 2.33. The van der Waals surface area contributed by atoms with Crippen LogP contribution >= 0.6 is 0 Å². The number of aryl methyl sites for hydroxylation is 1. The Kier molecular flexibility index (Phi) is 7.28. The Balaban J connectivity index is 1.15. The first kappa shape index (κ1) is 24.9. The van der Waals surface area contributed by atoms with E-state index < -0.39 is 0 Å². The van der Waals surface area contributed by atoms with Gasteiger partial charge in [-0.1, -0.05) is 92.8 Å². The van der Waals surface area contributed by atoms with Crippen molar-refractivity contribution in [3.8, 4) is 11.1 Å². The van der Waals surface area contributed by atoms with Gasteiger partial charge in [-0.25, -0.2) is 4.98 Å². The van der Waals surface area contributed by atoms with Gasteiger partial charge in [0.15, 0.2) is 0 Å². The van der Waals surface area contributed by atoms with Crippen molar-refractivity contribution in [1.29, 1.82) is 0 Å². The van der Waals surface area contributed by atoms with Crippen LogP contribution in [-0.2, 0) is 17.7 Å². The van der Waals surface area contributed by atoms with Gasteiger partial charge in [-0.15, -0.1) is 0 Å². The molecule has 5 heteroatoms. The maximum atomic E-state index is 13.4. The number of rotatable bonds is 7. The predicted octanol–water partition coefficient (Wildman–Crippen LogP) is 7.08. The van der Waals surface area contributed by atoms with Gasteiger partial charge in [0.2, 0.25) is 5.95 Å². The van der Waals surface area contributed by atoms with E-state index in [9.17, 15) is 4.79 Å². The lowest BCUT2D eigenvalue weighted by molar-refractivity contribution is 0.0348. The molecule has 1 aliphatic carbocycles. The second kappa shape index (κ2) is 11.1. The van der Waals surface area contributed by atoms with E-state index in [-0.39, 0.29) is 23.7 Å². The lowest BCUT2D eigenvalue weighted by Crippen LogP contribution is -2.29. The van der Waals surface area contributed by atoms with Crippen LogP contribution in [0, 0.1) is 5.92 Å². The third kappa shape index (κ3) is 5.39. The van der Waals surface area contributed by atoms with Crippen LogP contribution in [0.25, 0.3) is 22.0 Å². The molecule has 6 rings (SSSR count). The fraction of sp³-hybridized carbons (Fsp3) is 0.394. The number of hydrogen-bond acceptors (Lipinski definition) is 4. The van der Waals surface area contributed by atoms with Crippen LogP contribution in [0.2, 0.25) is 0 Å². The highest BCUT2D eigenvalue weighted by molar-refractivity contribution is 5.84. The summed E-state index contributed by atoms with van der Waals surface area (Å²) in [5.41, 5.74) is 11.6. The smallest absolute Gasteiger partial charge is 0.262 e. The molecular weight excluding hydrogens is 470 g/mol. The third-order valence-corrected chi connectivity index (χ3v) is 8.50. The monoisotopic (exact) mass is 507 g/mol. The average molecular weight is 508 g/mol. The van der Waals surface area contributed by atoms with E-state index in [1.165, 1.54) is 49.7 Å². The Hall–Kier alpha value is -3.44. The molecule has 3 aromatic carbocycles. The van der Waals surface area contributed by atoms with Crippen LogP contribution in [0.5, 0.6) is 0 Å². The molecule has 1 aromatic heterocycles. The number of nitrogen functional groups attached to an aromatic ring is 1. The van der Waals surface area contributed by atoms with Crippen molar-refractivity contribution < 1.29 is 4.74 Å². The van der Waals surface area contributed by atoms with Crippen molar-refractivity contribution >= 4 is 16.9 Å². The Labute approximate surface area is 224 Å². The largest absolute Gasteiger partial charge is 0.369 e. The summed E-state index contributed by atoms with van der Waals surface area (Å²) in [5, 5.41) is 0.588. The van der Waals surface area contributed by atoms with Crippen molar-refractivity contribution in [1.82, 2.24) is 9.55 Å². The van der Waals surface area contributed by atoms with E-state index in [0.29, 0.717) is 17.4 Å². The van der Waals surface area contributed by atoms with Crippen LogP contribution in [0.15, 0.2) is 77.6 Å². The van der Waals surface area contributed by atoms with Gasteiger partial charge in [0, 0.05) is 0 Å². The molecule has 2 N–H and O–H groups in total. The molecule has 1 aliphatic heterocycles. The molecule has 4 aromatic rings. The zero-order valence-electron chi connectivity index (χ0n) is 22.0. The number of ether oxygens (including phenoxy) is 1. The van der Waals surface area contributed by atoms with Gasteiger partial charge >= 0.3 is 0 Å². The highest BCUT2D eigenvalue weighted by Gasteiger charge is 2.27. The maximum absolute atomic E-state index is 13.4. The minimum atomic E-state index is -0.108. The number of nitrogens with two attached hydrogens (primary N) is 1. The Morgan fingerprint density at radius 3 is 2.42 bits per heavy atom. The van der Waals surface area contributed by atoms with Gasteiger partial charge in [-0.3, -0.25) is 9.36 Å². The van der Waals surface area contributed by atoms with E-state index >= 15 is 0 Å². The van der Waals surface area contributed by atoms with E-state index in [1.807, 2.05) is 36.4 Å². The van der Waals surface area contributed by atoms with Crippen molar-refractivity contribution in [2.45, 2.75) is 76.5 Å². The van der Waals surface area contributed by atoms with E-state index in [0.717, 1.165) is 36.3 Å². The molecule has 2 heterocycles. The Morgan fingerprint density at radius 2 is 1.63 bits per heavy atom. The molecule has 2 atom stereocenters. The Bertz CT molecular complexity index is 1440. The summed E-state index contributed by atoms with van der Waals surface area (Å²) in [6.07, 6.45) is 11.3. The molecule has 0 spiro atoms. The topological polar surface area (TPSA) is 70.1 Å². The van der Waals surface area contributed by atoms with Gasteiger partial charge in [0.05, 0.1) is 29.7 Å². The molecule has 38 heavy (non-hydrogen) atoms. The summed E-state index contributed by atoms with van der Waals surface area (Å²) in [5.74, 6) is 1.14. The quantitative estimate of drug-likeness (QED) is 0.290. The van der Waals surface area contributed by atoms with Crippen molar-refractivity contribution in [3.63, 3.8) is 0 Å². The van der Waals surface area contributed by atoms with Gasteiger partial charge in [0.25, 0.3) is 5.56 Å². The molecule has 5 nitrogen and oxygen atoms in total. The van der Waals surface area contributed by atoms with E-state index in [1.54, 1.807) is 4.57 Å². The molecule has 0 amide bonds. The molecule has 0 radical (unpaired) electrons. The second-order valence-electron chi connectivity index (χ2n) is 11.1. The molecular formula is C33H37N3O2. The number of nitrogens with zero attached hydrogens (tertiary/aromatic N) is 2. The van der Waals surface area contributed by atoms with E-state index in [2.05, 4.69) is 41.4 Å². The number of hydrogen-bond donors (Lipinski definition) is 1. The first-order valence-electron chi connectivity index (χ1n) is 14.2. The van der Waals surface area contributed by atoms with Gasteiger partial charge in [-0.05, 0) is 66.0 Å². The van der Waals surface area contributed by atoms with Gasteiger partial charge < -0.3 is 10.5 Å². The summed E-state index contributed by atoms with van der Waals surface area (Å²) < 4.78 is 7.84. The fourth-order valence-electron chi connectivity index (χ4n) is 6.26. The van der Waals surface area contributed by atoms with Crippen LogP contribution in [0.1, 0.15) is 68.6 Å². The number of aromatic nitrogens is 2. The summed E-state index contributed by atoms with van der Waals surface area (Å²) >= 11 is 0. The van der Waals surface area contributed by atoms with Crippen molar-refractivity contribution in [2.24, 2.45) is 5.92 Å². The second-order valence-corrected chi connectivity index (χ2v) is 11.1. The van der Waals surface area contributed by atoms with Crippen molar-refractivity contribution in [2.75, 3.05) is 5.73 Å². The first-order chi connectivity index (χ1) is 18.6. The standard InChI is InChI=1S/C33H37N3O2/c34-33-35-30-21-27(25-15-13-24(14-16-25)12-11-23-7-3-1-4-8-23)17-19-29(30)32(37)36(33)22-28-18-20-31(38-28)26-9-5-2-6-10-26/h2,5-6,9-10,13-17,19,21,23,28,31H,1,3-4,7-8,11-12,18,20,22H2,(H2,34,35)/t28-,31+/m0/s1. The average Bonchev–Trinajstić information content (AvgIpc) is 3.44. The SMILES string of the molecule is Nc1nc2cc(-c3ccc(CCC4CCCCC4)cc3)ccc2c(=O)n1C[C@@H]1CC[C@H](c2ccccc2)O1. The summed E-state index contributed by atoms with van der Waals surface area (Å²) in [7, 11) is 0. The van der Waals surface area contributed by atoms with E-state index in [4.69, 9.17) is 10.5 Å². The van der Waals surface area contributed by atoms with Crippen LogP contribution in [-0.4, -0.2) is 15.7 Å². The highest BCUT2D eigenvalue weighted by atomic mass is 16.5. The maximum Gasteiger partial charge on any atom is 0.262 e. The third-order valence-electron chi connectivity index (χ3n) is 8.50. The molecule has 2 fully saturated rings. The molecule has 1 saturated heterocycles. The predicted molar refractivity (Wildman–Crippen MR) is 154 cm³/mol. The minimum Gasteiger partial charge on any atom is -0.369 e. The fourth-order valence-corrected chi connectivity index (χ4v) is 6.26. The zero-order valence-corrected chi connectivity index (χ0v) is 22.0. The number of fused-ring (bicyclic) bond motifs is 1. The number of anilines is 1. The molecule has 196 valence electrons. The van der Waals surface area contributed by atoms with Gasteiger partial charge in [-0.2, -0.15) is 0 Å². The zero-order chi connectivity index (χ0) is 25.9. The molecule has 0 unspecified atom stereocenters. The van der Waals surface area contributed by atoms with Crippen LogP contribution in [0.4, 0.5) is 5.95 Å². The summed E-state index contributed by atoms with van der Waals surface area (Å²) in [4.78, 5) is 18.0. The van der Waals surface area contributed by atoms with Crippen LogP contribution in [0.3, 0.4) is 0 Å². The lowest BCUT2D eigenvalue weighted by Gasteiger charge is -2.21. The van der Waals surface area contributed by atoms with Crippen molar-refractivity contribution in [3.05, 3.63) is 94.3 Å². The minimum absolute atomic E-state index is 0.0599. The first-order valence-corrected chi connectivity index (χ1v) is 14.2. The molecule has 1 saturated carbocycles. The lowest BCUT2D eigenvalue weighted by atomic mass is 9.85. The molecule has 0 bridgehead atoms. The Morgan fingerprint density at radius 1 is 0.868 bits per heavy atom. The molecule has 2 aliphatic rings. The summed E-state index contributed by atoms with van der Waals surface area (Å²) in [6, 6.07) is 25.0. The normalized spacial score (nSPS) is 20.2. The number of benzene rings is 3. The summed E-state index contributed by atoms with van der Waals surface area (Å²) in [6.45, 7) is 0.418. The van der Waals surface area contributed by atoms with Crippen LogP contribution < -0.4 is 11.3 Å².